The summed E-state index contributed by atoms with van der Waals surface area (Å²) in [5.41, 5.74) is 0. The molecule has 1 aromatic rings. The van der Waals surface area contributed by atoms with E-state index in [9.17, 15) is 4.79 Å². The molecule has 0 spiro atoms. The third-order valence-corrected chi connectivity index (χ3v) is 3.78. The minimum Gasteiger partial charge on any atom is -0.484 e. The highest BCUT2D eigenvalue weighted by atomic mass is 35.5. The van der Waals surface area contributed by atoms with Crippen molar-refractivity contribution in [1.82, 2.24) is 4.90 Å². The number of halogens is 1. The zero-order chi connectivity index (χ0) is 13.0. The number of carbonyl (C=O) groups is 1. The predicted octanol–water partition coefficient (Wildman–Crippen LogP) is 2.54. The summed E-state index contributed by atoms with van der Waals surface area (Å²) in [5, 5.41) is 0. The normalized spacial score (nSPS) is 23.1. The van der Waals surface area contributed by atoms with Crippen LogP contribution in [0.15, 0.2) is 30.3 Å². The largest absolute Gasteiger partial charge is 0.484 e. The number of hydrogen-bond donors (Lipinski definition) is 0. The van der Waals surface area contributed by atoms with Gasteiger partial charge in [-0.3, -0.25) is 4.79 Å². The molecule has 1 aliphatic rings. The Bertz CT molecular complexity index is 396. The molecule has 1 fully saturated rings. The van der Waals surface area contributed by atoms with E-state index in [1.165, 1.54) is 0 Å². The predicted molar refractivity (Wildman–Crippen MR) is 71.9 cm³/mol. The van der Waals surface area contributed by atoms with Gasteiger partial charge in [-0.1, -0.05) is 25.1 Å². The molecule has 2 atom stereocenters. The minimum absolute atomic E-state index is 0.0221. The first-order chi connectivity index (χ1) is 8.72. The lowest BCUT2D eigenvalue weighted by molar-refractivity contribution is -0.134. The van der Waals surface area contributed by atoms with E-state index in [2.05, 4.69) is 6.92 Å². The number of para-hydroxylation sites is 1. The van der Waals surface area contributed by atoms with Gasteiger partial charge in [0.25, 0.3) is 5.91 Å². The summed E-state index contributed by atoms with van der Waals surface area (Å²) >= 11 is 5.92. The Morgan fingerprint density at radius 2 is 2.17 bits per heavy atom. The molecule has 2 unspecified atom stereocenters. The first kappa shape index (κ1) is 13.2. The van der Waals surface area contributed by atoms with Gasteiger partial charge in [-0.15, -0.1) is 11.6 Å². The van der Waals surface area contributed by atoms with Gasteiger partial charge in [-0.25, -0.2) is 0 Å². The van der Waals surface area contributed by atoms with E-state index in [1.54, 1.807) is 0 Å². The van der Waals surface area contributed by atoms with Crippen molar-refractivity contribution in [3.63, 3.8) is 0 Å². The fourth-order valence-electron chi connectivity index (χ4n) is 2.30. The van der Waals surface area contributed by atoms with Gasteiger partial charge in [0.1, 0.15) is 5.75 Å². The van der Waals surface area contributed by atoms with Gasteiger partial charge in [-0.05, 0) is 24.5 Å². The molecule has 98 valence electrons. The first-order valence-electron chi connectivity index (χ1n) is 6.25. The number of rotatable bonds is 4. The van der Waals surface area contributed by atoms with Crippen molar-refractivity contribution in [3.8, 4) is 5.75 Å². The van der Waals surface area contributed by atoms with Crippen molar-refractivity contribution in [2.24, 2.45) is 5.92 Å². The Kier molecular flexibility index (Phi) is 4.48. The van der Waals surface area contributed by atoms with E-state index in [0.717, 1.165) is 18.7 Å². The Morgan fingerprint density at radius 3 is 2.83 bits per heavy atom. The smallest absolute Gasteiger partial charge is 0.260 e. The summed E-state index contributed by atoms with van der Waals surface area (Å²) in [4.78, 5) is 13.9. The number of hydrogen-bond acceptors (Lipinski definition) is 2. The molecule has 0 bridgehead atoms. The van der Waals surface area contributed by atoms with E-state index in [1.807, 2.05) is 35.2 Å². The lowest BCUT2D eigenvalue weighted by atomic mass is 10.1. The zero-order valence-corrected chi connectivity index (χ0v) is 11.3. The van der Waals surface area contributed by atoms with Crippen LogP contribution in [0.1, 0.15) is 13.3 Å². The van der Waals surface area contributed by atoms with Crippen molar-refractivity contribution >= 4 is 17.5 Å². The average Bonchev–Trinajstić information content (AvgIpc) is 2.78. The van der Waals surface area contributed by atoms with Crippen LogP contribution in [0.3, 0.4) is 0 Å². The molecule has 1 aliphatic heterocycles. The van der Waals surface area contributed by atoms with Gasteiger partial charge in [-0.2, -0.15) is 0 Å². The van der Waals surface area contributed by atoms with Crippen molar-refractivity contribution in [1.29, 1.82) is 0 Å². The number of benzene rings is 1. The second-order valence-corrected chi connectivity index (χ2v) is 4.99. The monoisotopic (exact) mass is 267 g/mol. The van der Waals surface area contributed by atoms with Crippen molar-refractivity contribution in [2.75, 3.05) is 19.0 Å². The molecule has 0 saturated carbocycles. The van der Waals surface area contributed by atoms with Gasteiger partial charge < -0.3 is 9.64 Å². The molecule has 0 aliphatic carbocycles. The molecular weight excluding hydrogens is 250 g/mol. The fraction of sp³-hybridized carbons (Fsp3) is 0.500. The van der Waals surface area contributed by atoms with Crippen molar-refractivity contribution < 1.29 is 9.53 Å². The molecule has 1 heterocycles. The zero-order valence-electron chi connectivity index (χ0n) is 10.5. The number of amides is 1. The topological polar surface area (TPSA) is 29.5 Å². The number of nitrogens with zero attached hydrogens (tertiary/aromatic N) is 1. The number of carbonyl (C=O) groups excluding carboxylic acids is 1. The van der Waals surface area contributed by atoms with Crippen LogP contribution in [0.25, 0.3) is 0 Å². The Hall–Kier alpha value is -1.22. The molecule has 2 rings (SSSR count). The van der Waals surface area contributed by atoms with Crippen LogP contribution in [0.2, 0.25) is 0 Å². The number of likely N-dealkylation sites (tertiary alicyclic amines) is 1. The van der Waals surface area contributed by atoms with Crippen LogP contribution in [0.5, 0.6) is 5.75 Å². The quantitative estimate of drug-likeness (QED) is 0.785. The molecule has 1 aromatic carbocycles. The van der Waals surface area contributed by atoms with Crippen LogP contribution in [-0.4, -0.2) is 35.9 Å². The minimum atomic E-state index is 0.0221. The van der Waals surface area contributed by atoms with Gasteiger partial charge in [0, 0.05) is 18.5 Å². The molecule has 0 N–H and O–H groups in total. The van der Waals surface area contributed by atoms with Gasteiger partial charge in [0.05, 0.1) is 0 Å². The van der Waals surface area contributed by atoms with E-state index in [-0.39, 0.29) is 18.6 Å². The van der Waals surface area contributed by atoms with Crippen LogP contribution >= 0.6 is 11.6 Å². The first-order valence-corrected chi connectivity index (χ1v) is 6.79. The van der Waals surface area contributed by atoms with Crippen LogP contribution in [0, 0.1) is 5.92 Å². The maximum Gasteiger partial charge on any atom is 0.260 e. The SMILES string of the molecule is CC1CCN(C(=O)COc2ccccc2)C1CCl. The summed E-state index contributed by atoms with van der Waals surface area (Å²) in [7, 11) is 0. The third-order valence-electron chi connectivity index (χ3n) is 3.47. The van der Waals surface area contributed by atoms with Crippen LogP contribution < -0.4 is 4.74 Å². The summed E-state index contributed by atoms with van der Waals surface area (Å²) < 4.78 is 5.47. The molecule has 0 radical (unpaired) electrons. The van der Waals surface area contributed by atoms with Gasteiger partial charge >= 0.3 is 0 Å². The summed E-state index contributed by atoms with van der Waals surface area (Å²) in [6, 6.07) is 9.54. The van der Waals surface area contributed by atoms with Crippen molar-refractivity contribution in [2.45, 2.75) is 19.4 Å². The average molecular weight is 268 g/mol. The summed E-state index contributed by atoms with van der Waals surface area (Å²) in [5.74, 6) is 1.72. The maximum absolute atomic E-state index is 12.1. The molecular formula is C14H18ClNO2. The second kappa shape index (κ2) is 6.10. The molecule has 1 amide bonds. The lowest BCUT2D eigenvalue weighted by Crippen LogP contribution is -2.41. The van der Waals surface area contributed by atoms with Crippen LogP contribution in [0.4, 0.5) is 0 Å². The highest BCUT2D eigenvalue weighted by Crippen LogP contribution is 2.25. The van der Waals surface area contributed by atoms with Gasteiger partial charge in [0.15, 0.2) is 6.61 Å². The van der Waals surface area contributed by atoms with E-state index < -0.39 is 0 Å². The Labute approximate surface area is 113 Å². The fourth-order valence-corrected chi connectivity index (χ4v) is 2.77. The number of alkyl halides is 1. The van der Waals surface area contributed by atoms with Crippen LogP contribution in [-0.2, 0) is 4.79 Å². The van der Waals surface area contributed by atoms with Gasteiger partial charge in [0.2, 0.25) is 0 Å². The number of ether oxygens (including phenoxy) is 1. The molecule has 3 nitrogen and oxygen atoms in total. The van der Waals surface area contributed by atoms with E-state index >= 15 is 0 Å². The van der Waals surface area contributed by atoms with Crippen molar-refractivity contribution in [3.05, 3.63) is 30.3 Å². The van der Waals surface area contributed by atoms with E-state index in [0.29, 0.717) is 11.8 Å². The second-order valence-electron chi connectivity index (χ2n) is 4.68. The lowest BCUT2D eigenvalue weighted by Gasteiger charge is -2.25. The molecule has 0 aromatic heterocycles. The Morgan fingerprint density at radius 1 is 1.44 bits per heavy atom. The molecule has 18 heavy (non-hydrogen) atoms. The Balaban J connectivity index is 1.88. The molecule has 1 saturated heterocycles. The molecule has 4 heteroatoms. The standard InChI is InChI=1S/C14H18ClNO2/c1-11-7-8-16(13(11)9-15)14(17)10-18-12-5-3-2-4-6-12/h2-6,11,13H,7-10H2,1H3. The highest BCUT2D eigenvalue weighted by Gasteiger charge is 2.33. The summed E-state index contributed by atoms with van der Waals surface area (Å²) in [6.45, 7) is 3.01. The summed E-state index contributed by atoms with van der Waals surface area (Å²) in [6.07, 6.45) is 1.02. The highest BCUT2D eigenvalue weighted by molar-refractivity contribution is 6.18. The maximum atomic E-state index is 12.1. The third kappa shape index (κ3) is 2.96. The van der Waals surface area contributed by atoms with E-state index in [4.69, 9.17) is 16.3 Å².